The van der Waals surface area contributed by atoms with Gasteiger partial charge in [-0.1, -0.05) is 12.8 Å². The van der Waals surface area contributed by atoms with Crippen molar-refractivity contribution in [2.24, 2.45) is 0 Å². The largest absolute Gasteiger partial charge is 0.379 e. The summed E-state index contributed by atoms with van der Waals surface area (Å²) >= 11 is 0. The molecule has 15 heavy (non-hydrogen) atoms. The summed E-state index contributed by atoms with van der Waals surface area (Å²) in [4.78, 5) is 2.57. The Morgan fingerprint density at radius 3 is 2.67 bits per heavy atom. The van der Waals surface area contributed by atoms with Crippen molar-refractivity contribution in [3.63, 3.8) is 0 Å². The Bertz CT molecular complexity index is 168. The summed E-state index contributed by atoms with van der Waals surface area (Å²) in [6, 6.07) is 0.655. The van der Waals surface area contributed by atoms with Gasteiger partial charge in [-0.05, 0) is 19.8 Å². The van der Waals surface area contributed by atoms with Crippen LogP contribution in [0, 0.1) is 0 Å². The van der Waals surface area contributed by atoms with Crippen LogP contribution in [0.15, 0.2) is 0 Å². The average Bonchev–Trinajstić information content (AvgIpc) is 2.31. The van der Waals surface area contributed by atoms with Crippen LogP contribution in [0.4, 0.5) is 0 Å². The second-order valence-electron chi connectivity index (χ2n) is 4.49. The van der Waals surface area contributed by atoms with Crippen molar-refractivity contribution >= 4 is 0 Å². The van der Waals surface area contributed by atoms with Crippen LogP contribution in [0.25, 0.3) is 0 Å². The average molecular weight is 213 g/mol. The van der Waals surface area contributed by atoms with Crippen LogP contribution in [-0.2, 0) is 9.47 Å². The summed E-state index contributed by atoms with van der Waals surface area (Å²) < 4.78 is 11.3. The van der Waals surface area contributed by atoms with Crippen LogP contribution in [0.1, 0.15) is 32.6 Å². The molecule has 0 aromatic heterocycles. The minimum absolute atomic E-state index is 0.474. The fourth-order valence-electron chi connectivity index (χ4n) is 2.81. The van der Waals surface area contributed by atoms with Crippen molar-refractivity contribution in [3.8, 4) is 0 Å². The molecule has 2 atom stereocenters. The molecule has 2 rings (SSSR count). The van der Waals surface area contributed by atoms with Gasteiger partial charge >= 0.3 is 0 Å². The standard InChI is InChI=1S/C12H23NO2/c1-2-15-12-6-4-3-5-11(12)13-7-9-14-10-8-13/h11-12H,2-10H2,1H3/t11-,12+/m1/s1. The van der Waals surface area contributed by atoms with Crippen LogP contribution in [0.5, 0.6) is 0 Å². The topological polar surface area (TPSA) is 21.7 Å². The van der Waals surface area contributed by atoms with Gasteiger partial charge in [0, 0.05) is 25.7 Å². The molecule has 1 saturated heterocycles. The molecule has 3 nitrogen and oxygen atoms in total. The van der Waals surface area contributed by atoms with E-state index < -0.39 is 0 Å². The maximum atomic E-state index is 5.87. The number of ether oxygens (including phenoxy) is 2. The first-order valence-corrected chi connectivity index (χ1v) is 6.35. The lowest BCUT2D eigenvalue weighted by molar-refractivity contribution is -0.0624. The summed E-state index contributed by atoms with van der Waals surface area (Å²) in [5, 5.41) is 0. The molecule has 1 heterocycles. The van der Waals surface area contributed by atoms with Gasteiger partial charge in [0.15, 0.2) is 0 Å². The Balaban J connectivity index is 1.90. The predicted octanol–water partition coefficient (Wildman–Crippen LogP) is 1.67. The highest BCUT2D eigenvalue weighted by Gasteiger charge is 2.31. The Labute approximate surface area is 92.7 Å². The van der Waals surface area contributed by atoms with Crippen molar-refractivity contribution in [3.05, 3.63) is 0 Å². The molecule has 0 spiro atoms. The van der Waals surface area contributed by atoms with Crippen molar-refractivity contribution in [2.45, 2.75) is 44.8 Å². The molecule has 0 aromatic carbocycles. The van der Waals surface area contributed by atoms with E-state index in [1.165, 1.54) is 25.7 Å². The maximum absolute atomic E-state index is 5.87. The second-order valence-corrected chi connectivity index (χ2v) is 4.49. The van der Waals surface area contributed by atoms with Crippen LogP contribution in [0.2, 0.25) is 0 Å². The summed E-state index contributed by atoms with van der Waals surface area (Å²) in [6.45, 7) is 6.93. The van der Waals surface area contributed by atoms with Crippen molar-refractivity contribution < 1.29 is 9.47 Å². The molecule has 2 fully saturated rings. The second kappa shape index (κ2) is 5.83. The summed E-state index contributed by atoms with van der Waals surface area (Å²) in [5.41, 5.74) is 0. The zero-order valence-corrected chi connectivity index (χ0v) is 9.78. The normalized spacial score (nSPS) is 34.2. The van der Waals surface area contributed by atoms with Crippen LogP contribution in [-0.4, -0.2) is 50.0 Å². The van der Waals surface area contributed by atoms with E-state index in [1.807, 2.05) is 0 Å². The van der Waals surface area contributed by atoms with E-state index in [4.69, 9.17) is 9.47 Å². The third-order valence-corrected chi connectivity index (χ3v) is 3.56. The van der Waals surface area contributed by atoms with Gasteiger partial charge in [-0.3, -0.25) is 4.90 Å². The van der Waals surface area contributed by atoms with E-state index in [9.17, 15) is 0 Å². The molecule has 0 N–H and O–H groups in total. The molecule has 1 aliphatic carbocycles. The first kappa shape index (κ1) is 11.4. The Morgan fingerprint density at radius 1 is 1.20 bits per heavy atom. The van der Waals surface area contributed by atoms with E-state index in [-0.39, 0.29) is 0 Å². The van der Waals surface area contributed by atoms with Gasteiger partial charge in [0.2, 0.25) is 0 Å². The van der Waals surface area contributed by atoms with Gasteiger partial charge in [-0.2, -0.15) is 0 Å². The third kappa shape index (κ3) is 2.92. The molecular formula is C12H23NO2. The zero-order chi connectivity index (χ0) is 10.5. The monoisotopic (exact) mass is 213 g/mol. The zero-order valence-electron chi connectivity index (χ0n) is 9.78. The van der Waals surface area contributed by atoms with E-state index in [2.05, 4.69) is 11.8 Å². The minimum atomic E-state index is 0.474. The van der Waals surface area contributed by atoms with Gasteiger partial charge in [0.1, 0.15) is 0 Å². The summed E-state index contributed by atoms with van der Waals surface area (Å²) in [6.07, 6.45) is 5.74. The molecule has 3 heteroatoms. The van der Waals surface area contributed by atoms with Crippen molar-refractivity contribution in [1.29, 1.82) is 0 Å². The third-order valence-electron chi connectivity index (χ3n) is 3.56. The summed E-state index contributed by atoms with van der Waals surface area (Å²) in [5.74, 6) is 0. The maximum Gasteiger partial charge on any atom is 0.0730 e. The Kier molecular flexibility index (Phi) is 4.42. The fraction of sp³-hybridized carbons (Fsp3) is 1.00. The number of rotatable bonds is 3. The smallest absolute Gasteiger partial charge is 0.0730 e. The lowest BCUT2D eigenvalue weighted by Gasteiger charge is -2.41. The summed E-state index contributed by atoms with van der Waals surface area (Å²) in [7, 11) is 0. The number of morpholine rings is 1. The molecule has 88 valence electrons. The Morgan fingerprint density at radius 2 is 1.93 bits per heavy atom. The highest BCUT2D eigenvalue weighted by molar-refractivity contribution is 4.85. The molecule has 1 aliphatic heterocycles. The van der Waals surface area contributed by atoms with Gasteiger partial charge in [-0.15, -0.1) is 0 Å². The van der Waals surface area contributed by atoms with Crippen molar-refractivity contribution in [2.75, 3.05) is 32.9 Å². The fourth-order valence-corrected chi connectivity index (χ4v) is 2.81. The van der Waals surface area contributed by atoms with Gasteiger partial charge in [0.25, 0.3) is 0 Å². The van der Waals surface area contributed by atoms with Gasteiger partial charge in [-0.25, -0.2) is 0 Å². The molecular weight excluding hydrogens is 190 g/mol. The highest BCUT2D eigenvalue weighted by Crippen LogP contribution is 2.26. The number of nitrogens with zero attached hydrogens (tertiary/aromatic N) is 1. The Hall–Kier alpha value is -0.120. The lowest BCUT2D eigenvalue weighted by atomic mass is 9.91. The van der Waals surface area contributed by atoms with Gasteiger partial charge in [0.05, 0.1) is 19.3 Å². The molecule has 2 aliphatic rings. The number of hydrogen-bond donors (Lipinski definition) is 0. The molecule has 0 radical (unpaired) electrons. The van der Waals surface area contributed by atoms with E-state index >= 15 is 0 Å². The lowest BCUT2D eigenvalue weighted by Crippen LogP contribution is -2.51. The first-order chi connectivity index (χ1) is 7.42. The molecule has 0 bridgehead atoms. The molecule has 1 saturated carbocycles. The van der Waals surface area contributed by atoms with E-state index in [0.29, 0.717) is 12.1 Å². The van der Waals surface area contributed by atoms with Crippen LogP contribution < -0.4 is 0 Å². The highest BCUT2D eigenvalue weighted by atomic mass is 16.5. The van der Waals surface area contributed by atoms with Gasteiger partial charge < -0.3 is 9.47 Å². The SMILES string of the molecule is CCO[C@H]1CCCC[C@H]1N1CCOCC1. The van der Waals surface area contributed by atoms with Crippen LogP contribution >= 0.6 is 0 Å². The quantitative estimate of drug-likeness (QED) is 0.712. The van der Waals surface area contributed by atoms with Crippen LogP contribution in [0.3, 0.4) is 0 Å². The molecule has 0 aromatic rings. The van der Waals surface area contributed by atoms with Crippen molar-refractivity contribution in [1.82, 2.24) is 4.90 Å². The van der Waals surface area contributed by atoms with E-state index in [0.717, 1.165) is 32.9 Å². The predicted molar refractivity (Wildman–Crippen MR) is 60.1 cm³/mol. The van der Waals surface area contributed by atoms with E-state index in [1.54, 1.807) is 0 Å². The molecule has 0 amide bonds. The minimum Gasteiger partial charge on any atom is -0.379 e. The molecule has 0 unspecified atom stereocenters. The first-order valence-electron chi connectivity index (χ1n) is 6.35. The number of hydrogen-bond acceptors (Lipinski definition) is 3.